The van der Waals surface area contributed by atoms with Crippen LogP contribution in [0.3, 0.4) is 0 Å². The summed E-state index contributed by atoms with van der Waals surface area (Å²) in [4.78, 5) is 6.23. The number of aliphatic hydroxyl groups excluding tert-OH is 1. The van der Waals surface area contributed by atoms with Crippen LogP contribution in [0.4, 0.5) is 11.4 Å². The smallest absolute Gasteiger partial charge is 0.115 e. The lowest BCUT2D eigenvalue weighted by atomic mass is 10.2. The molecule has 0 aliphatic heterocycles. The molecule has 5 heteroatoms. The van der Waals surface area contributed by atoms with Gasteiger partial charge in [0.05, 0.1) is 18.2 Å². The number of hydrogen-bond donors (Lipinski definition) is 2. The maximum Gasteiger partial charge on any atom is 0.115 e. The van der Waals surface area contributed by atoms with Crippen LogP contribution in [0.2, 0.25) is 0 Å². The summed E-state index contributed by atoms with van der Waals surface area (Å²) in [5.74, 6) is 0.634. The van der Waals surface area contributed by atoms with Gasteiger partial charge in [0.1, 0.15) is 5.84 Å². The van der Waals surface area contributed by atoms with Crippen molar-refractivity contribution in [3.63, 3.8) is 0 Å². The van der Waals surface area contributed by atoms with Gasteiger partial charge in [-0.15, -0.1) is 11.6 Å². The topological polar surface area (TPSA) is 61.8 Å². The Morgan fingerprint density at radius 3 is 2.53 bits per heavy atom. The molecule has 0 spiro atoms. The Balaban J connectivity index is 2.79. The fourth-order valence-corrected chi connectivity index (χ4v) is 1.58. The summed E-state index contributed by atoms with van der Waals surface area (Å²) in [5, 5.41) is 8.94. The Hall–Kier alpha value is -1.26. The van der Waals surface area contributed by atoms with Crippen molar-refractivity contribution in [2.45, 2.75) is 6.92 Å². The molecule has 0 aliphatic carbocycles. The molecule has 0 bridgehead atoms. The molecule has 94 valence electrons. The molecule has 1 aromatic carbocycles. The molecule has 0 amide bonds. The SMILES string of the molecule is CCN(CCO)c1ccc(N=C(N)CCl)cc1. The zero-order valence-electron chi connectivity index (χ0n) is 9.93. The average Bonchev–Trinajstić information content (AvgIpc) is 2.37. The van der Waals surface area contributed by atoms with E-state index in [9.17, 15) is 0 Å². The summed E-state index contributed by atoms with van der Waals surface area (Å²) in [5.41, 5.74) is 7.40. The predicted octanol–water partition coefficient (Wildman–Crippen LogP) is 1.73. The van der Waals surface area contributed by atoms with Crippen LogP contribution in [0.15, 0.2) is 29.3 Å². The predicted molar refractivity (Wildman–Crippen MR) is 73.4 cm³/mol. The van der Waals surface area contributed by atoms with Crippen molar-refractivity contribution in [2.24, 2.45) is 10.7 Å². The number of aliphatic imine (C=N–C) groups is 1. The van der Waals surface area contributed by atoms with Crippen molar-refractivity contribution in [1.29, 1.82) is 0 Å². The number of amidine groups is 1. The lowest BCUT2D eigenvalue weighted by molar-refractivity contribution is 0.302. The first kappa shape index (κ1) is 13.8. The molecule has 0 saturated heterocycles. The zero-order chi connectivity index (χ0) is 12.7. The van der Waals surface area contributed by atoms with Crippen LogP contribution < -0.4 is 10.6 Å². The molecule has 1 rings (SSSR count). The van der Waals surface area contributed by atoms with E-state index in [-0.39, 0.29) is 12.5 Å². The number of nitrogens with two attached hydrogens (primary N) is 1. The maximum absolute atomic E-state index is 8.94. The Morgan fingerprint density at radius 1 is 1.41 bits per heavy atom. The van der Waals surface area contributed by atoms with E-state index >= 15 is 0 Å². The summed E-state index contributed by atoms with van der Waals surface area (Å²) in [6, 6.07) is 7.68. The van der Waals surface area contributed by atoms with Gasteiger partial charge >= 0.3 is 0 Å². The third kappa shape index (κ3) is 4.24. The highest BCUT2D eigenvalue weighted by molar-refractivity contribution is 6.28. The molecule has 0 radical (unpaired) electrons. The first-order chi connectivity index (χ1) is 8.21. The maximum atomic E-state index is 8.94. The molecule has 4 nitrogen and oxygen atoms in total. The van der Waals surface area contributed by atoms with Gasteiger partial charge in [-0.3, -0.25) is 0 Å². The van der Waals surface area contributed by atoms with E-state index in [2.05, 4.69) is 9.89 Å². The largest absolute Gasteiger partial charge is 0.395 e. The Labute approximate surface area is 107 Å². The monoisotopic (exact) mass is 255 g/mol. The second-order valence-corrected chi connectivity index (χ2v) is 3.82. The number of likely N-dealkylation sites (N-methyl/N-ethyl adjacent to an activating group) is 1. The fraction of sp³-hybridized carbons (Fsp3) is 0.417. The van der Waals surface area contributed by atoms with Crippen molar-refractivity contribution < 1.29 is 5.11 Å². The number of anilines is 1. The van der Waals surface area contributed by atoms with Gasteiger partial charge in [-0.2, -0.15) is 0 Å². The van der Waals surface area contributed by atoms with Crippen LogP contribution in [0.5, 0.6) is 0 Å². The average molecular weight is 256 g/mol. The first-order valence-corrected chi connectivity index (χ1v) is 6.09. The standard InChI is InChI=1S/C12H18ClN3O/c1-2-16(7-8-17)11-5-3-10(4-6-11)15-12(14)9-13/h3-6,17H,2,7-9H2,1H3,(H2,14,15). The molecular formula is C12H18ClN3O. The Kier molecular flexibility index (Phi) is 5.80. The summed E-state index contributed by atoms with van der Waals surface area (Å²) in [6.45, 7) is 3.68. The van der Waals surface area contributed by atoms with Gasteiger partial charge in [-0.25, -0.2) is 4.99 Å². The van der Waals surface area contributed by atoms with Crippen LogP contribution in [0, 0.1) is 0 Å². The quantitative estimate of drug-likeness (QED) is 0.462. The number of nitrogens with zero attached hydrogens (tertiary/aromatic N) is 2. The summed E-state index contributed by atoms with van der Waals surface area (Å²) < 4.78 is 0. The van der Waals surface area contributed by atoms with Gasteiger partial charge < -0.3 is 15.7 Å². The molecule has 0 atom stereocenters. The zero-order valence-corrected chi connectivity index (χ0v) is 10.7. The molecule has 0 aliphatic rings. The van der Waals surface area contributed by atoms with Crippen molar-refractivity contribution in [2.75, 3.05) is 30.5 Å². The number of alkyl halides is 1. The molecule has 3 N–H and O–H groups in total. The molecule has 0 heterocycles. The first-order valence-electron chi connectivity index (χ1n) is 5.56. The molecular weight excluding hydrogens is 238 g/mol. The van der Waals surface area contributed by atoms with Crippen LogP contribution in [0.1, 0.15) is 6.92 Å². The van der Waals surface area contributed by atoms with Crippen molar-refractivity contribution >= 4 is 28.8 Å². The van der Waals surface area contributed by atoms with Crippen molar-refractivity contribution in [3.8, 4) is 0 Å². The normalized spacial score (nSPS) is 11.6. The highest BCUT2D eigenvalue weighted by Crippen LogP contribution is 2.19. The van der Waals surface area contributed by atoms with Gasteiger partial charge in [-0.05, 0) is 31.2 Å². The van der Waals surface area contributed by atoms with Gasteiger partial charge in [0.2, 0.25) is 0 Å². The number of rotatable bonds is 6. The van der Waals surface area contributed by atoms with Crippen LogP contribution in [0.25, 0.3) is 0 Å². The van der Waals surface area contributed by atoms with Gasteiger partial charge in [0.25, 0.3) is 0 Å². The lowest BCUT2D eigenvalue weighted by Gasteiger charge is -2.21. The van der Waals surface area contributed by atoms with Crippen molar-refractivity contribution in [1.82, 2.24) is 0 Å². The number of halogens is 1. The Morgan fingerprint density at radius 2 is 2.06 bits per heavy atom. The number of hydrogen-bond acceptors (Lipinski definition) is 3. The minimum absolute atomic E-state index is 0.146. The molecule has 17 heavy (non-hydrogen) atoms. The van der Waals surface area contributed by atoms with E-state index in [0.29, 0.717) is 12.4 Å². The van der Waals surface area contributed by atoms with Gasteiger partial charge in [0, 0.05) is 18.8 Å². The second-order valence-electron chi connectivity index (χ2n) is 3.56. The highest BCUT2D eigenvalue weighted by Gasteiger charge is 2.02. The van der Waals surface area contributed by atoms with E-state index in [0.717, 1.165) is 17.9 Å². The summed E-state index contributed by atoms with van der Waals surface area (Å²) >= 11 is 5.56. The number of benzene rings is 1. The summed E-state index contributed by atoms with van der Waals surface area (Å²) in [7, 11) is 0. The van der Waals surface area contributed by atoms with Gasteiger partial charge in [0.15, 0.2) is 0 Å². The van der Waals surface area contributed by atoms with E-state index in [1.54, 1.807) is 0 Å². The Bertz CT molecular complexity index is 365. The third-order valence-electron chi connectivity index (χ3n) is 2.38. The van der Waals surface area contributed by atoms with Crippen molar-refractivity contribution in [3.05, 3.63) is 24.3 Å². The second kappa shape index (κ2) is 7.14. The van der Waals surface area contributed by atoms with E-state index in [4.69, 9.17) is 22.4 Å². The molecule has 0 aromatic heterocycles. The fourth-order valence-electron chi connectivity index (χ4n) is 1.52. The third-order valence-corrected chi connectivity index (χ3v) is 2.65. The molecule has 0 fully saturated rings. The minimum Gasteiger partial charge on any atom is -0.395 e. The van der Waals surface area contributed by atoms with Gasteiger partial charge in [-0.1, -0.05) is 0 Å². The van der Waals surface area contributed by atoms with E-state index < -0.39 is 0 Å². The van der Waals surface area contributed by atoms with Crippen LogP contribution in [-0.4, -0.2) is 36.5 Å². The molecule has 1 aromatic rings. The van der Waals surface area contributed by atoms with Crippen LogP contribution >= 0.6 is 11.6 Å². The van der Waals surface area contributed by atoms with Crippen LogP contribution in [-0.2, 0) is 0 Å². The minimum atomic E-state index is 0.146. The molecule has 0 unspecified atom stereocenters. The lowest BCUT2D eigenvalue weighted by Crippen LogP contribution is -2.25. The van der Waals surface area contributed by atoms with E-state index in [1.807, 2.05) is 31.2 Å². The highest BCUT2D eigenvalue weighted by atomic mass is 35.5. The number of aliphatic hydroxyl groups is 1. The van der Waals surface area contributed by atoms with E-state index in [1.165, 1.54) is 0 Å². The summed E-state index contributed by atoms with van der Waals surface area (Å²) in [6.07, 6.45) is 0. The molecule has 0 saturated carbocycles.